The number of hydrogen-bond acceptors (Lipinski definition) is 3. The highest BCUT2D eigenvalue weighted by Gasteiger charge is 2.15. The van der Waals surface area contributed by atoms with Gasteiger partial charge in [0.1, 0.15) is 0 Å². The number of aromatic nitrogens is 2. The minimum absolute atomic E-state index is 0.748. The summed E-state index contributed by atoms with van der Waals surface area (Å²) in [5.74, 6) is 2.22. The lowest BCUT2D eigenvalue weighted by Gasteiger charge is -2.14. The Hall–Kier alpha value is -1.17. The van der Waals surface area contributed by atoms with Gasteiger partial charge in [0.25, 0.3) is 0 Å². The Labute approximate surface area is 132 Å². The van der Waals surface area contributed by atoms with Gasteiger partial charge in [-0.2, -0.15) is 16.9 Å². The second kappa shape index (κ2) is 8.32. The molecule has 1 atom stereocenters. The van der Waals surface area contributed by atoms with Crippen LogP contribution in [0.3, 0.4) is 0 Å². The van der Waals surface area contributed by atoms with E-state index >= 15 is 0 Å². The van der Waals surface area contributed by atoms with E-state index < -0.39 is 0 Å². The van der Waals surface area contributed by atoms with E-state index in [9.17, 15) is 0 Å². The highest BCUT2D eigenvalue weighted by Crippen LogP contribution is 2.25. The number of guanidine groups is 1. The quantitative estimate of drug-likeness (QED) is 0.479. The van der Waals surface area contributed by atoms with Crippen LogP contribution in [0.4, 0.5) is 0 Å². The fraction of sp³-hybridized carbons (Fsp3) is 0.733. The highest BCUT2D eigenvalue weighted by atomic mass is 32.2. The topological polar surface area (TPSA) is 54.2 Å². The molecule has 1 fully saturated rings. The number of thioether (sulfide) groups is 1. The summed E-state index contributed by atoms with van der Waals surface area (Å²) < 4.78 is 2.07. The van der Waals surface area contributed by atoms with Crippen molar-refractivity contribution in [3.8, 4) is 0 Å². The molecule has 1 aromatic rings. The van der Waals surface area contributed by atoms with Crippen molar-refractivity contribution in [3.05, 3.63) is 17.5 Å². The molecule has 0 aliphatic carbocycles. The van der Waals surface area contributed by atoms with Gasteiger partial charge in [0.15, 0.2) is 5.96 Å². The molecule has 0 aromatic carbocycles. The van der Waals surface area contributed by atoms with Gasteiger partial charge in [-0.1, -0.05) is 0 Å². The van der Waals surface area contributed by atoms with E-state index in [-0.39, 0.29) is 0 Å². The Bertz CT molecular complexity index is 463. The average molecular weight is 309 g/mol. The van der Waals surface area contributed by atoms with Gasteiger partial charge in [-0.25, -0.2) is 0 Å². The molecule has 1 aliphatic heterocycles. The van der Waals surface area contributed by atoms with Crippen molar-refractivity contribution >= 4 is 17.7 Å². The smallest absolute Gasteiger partial charge is 0.191 e. The fourth-order valence-electron chi connectivity index (χ4n) is 2.57. The Morgan fingerprint density at radius 2 is 2.33 bits per heavy atom. The van der Waals surface area contributed by atoms with Crippen LogP contribution < -0.4 is 10.6 Å². The van der Waals surface area contributed by atoms with Crippen molar-refractivity contribution in [2.75, 3.05) is 25.9 Å². The third-order valence-corrected chi connectivity index (χ3v) is 5.09. The molecule has 0 saturated carbocycles. The molecule has 6 heteroatoms. The van der Waals surface area contributed by atoms with Crippen LogP contribution >= 0.6 is 11.8 Å². The van der Waals surface area contributed by atoms with Gasteiger partial charge in [0, 0.05) is 37.6 Å². The minimum atomic E-state index is 0.748. The lowest BCUT2D eigenvalue weighted by atomic mass is 10.2. The van der Waals surface area contributed by atoms with Gasteiger partial charge in [-0.15, -0.1) is 0 Å². The zero-order valence-electron chi connectivity index (χ0n) is 13.4. The first kappa shape index (κ1) is 16.2. The monoisotopic (exact) mass is 309 g/mol. The normalized spacial score (nSPS) is 19.0. The van der Waals surface area contributed by atoms with E-state index in [0.29, 0.717) is 0 Å². The molecule has 1 saturated heterocycles. The van der Waals surface area contributed by atoms with Crippen molar-refractivity contribution in [1.82, 2.24) is 20.4 Å². The molecular formula is C15H27N5S. The number of rotatable bonds is 6. The summed E-state index contributed by atoms with van der Waals surface area (Å²) in [6.45, 7) is 7.02. The number of hydrogen-bond donors (Lipinski definition) is 2. The largest absolute Gasteiger partial charge is 0.356 e. The van der Waals surface area contributed by atoms with Crippen LogP contribution in [0.1, 0.15) is 30.7 Å². The van der Waals surface area contributed by atoms with Crippen LogP contribution in [0.5, 0.6) is 0 Å². The predicted octanol–water partition coefficient (Wildman–Crippen LogP) is 1.95. The van der Waals surface area contributed by atoms with Gasteiger partial charge < -0.3 is 10.6 Å². The highest BCUT2D eigenvalue weighted by molar-refractivity contribution is 8.00. The van der Waals surface area contributed by atoms with Crippen molar-refractivity contribution < 1.29 is 0 Å². The minimum Gasteiger partial charge on any atom is -0.356 e. The van der Waals surface area contributed by atoms with E-state index in [1.165, 1.54) is 24.3 Å². The van der Waals surface area contributed by atoms with Gasteiger partial charge in [0.2, 0.25) is 0 Å². The summed E-state index contributed by atoms with van der Waals surface area (Å²) in [7, 11) is 1.83. The van der Waals surface area contributed by atoms with Gasteiger partial charge in [-0.05, 0) is 44.9 Å². The average Bonchev–Trinajstić information content (AvgIpc) is 3.08. The molecule has 0 amide bonds. The number of aryl methyl sites for hydroxylation is 3. The van der Waals surface area contributed by atoms with Crippen LogP contribution in [-0.2, 0) is 6.54 Å². The third-order valence-electron chi connectivity index (χ3n) is 3.69. The summed E-state index contributed by atoms with van der Waals surface area (Å²) in [5.41, 5.74) is 2.32. The summed E-state index contributed by atoms with van der Waals surface area (Å²) >= 11 is 2.07. The van der Waals surface area contributed by atoms with Crippen molar-refractivity contribution in [2.45, 2.75) is 44.9 Å². The molecule has 5 nitrogen and oxygen atoms in total. The summed E-state index contributed by atoms with van der Waals surface area (Å²) in [6, 6.07) is 2.12. The summed E-state index contributed by atoms with van der Waals surface area (Å²) in [4.78, 5) is 4.28. The van der Waals surface area contributed by atoms with Crippen molar-refractivity contribution in [3.63, 3.8) is 0 Å². The van der Waals surface area contributed by atoms with Crippen molar-refractivity contribution in [1.29, 1.82) is 0 Å². The predicted molar refractivity (Wildman–Crippen MR) is 91.2 cm³/mol. The molecule has 0 bridgehead atoms. The molecule has 2 rings (SSSR count). The van der Waals surface area contributed by atoms with E-state index in [1.54, 1.807) is 0 Å². The SMILES string of the molecule is CN=C(NCCCn1nc(C)cc1C)NCC1CCCS1. The number of aliphatic imine (C=N–C) groups is 1. The molecule has 2 heterocycles. The molecular weight excluding hydrogens is 282 g/mol. The maximum absolute atomic E-state index is 4.48. The molecule has 1 aliphatic rings. The van der Waals surface area contributed by atoms with Crippen molar-refractivity contribution in [2.24, 2.45) is 4.99 Å². The molecule has 0 spiro atoms. The van der Waals surface area contributed by atoms with E-state index in [2.05, 4.69) is 50.2 Å². The fourth-order valence-corrected chi connectivity index (χ4v) is 3.77. The standard InChI is InChI=1S/C15H27N5S/c1-12-10-13(2)20(19-12)8-5-7-17-15(16-3)18-11-14-6-4-9-21-14/h10,14H,4-9,11H2,1-3H3,(H2,16,17,18). The van der Waals surface area contributed by atoms with Gasteiger partial charge in [-0.3, -0.25) is 9.67 Å². The Balaban J connectivity index is 1.63. The van der Waals surface area contributed by atoms with Crippen LogP contribution in [-0.4, -0.2) is 46.9 Å². The Morgan fingerprint density at radius 1 is 1.48 bits per heavy atom. The first-order chi connectivity index (χ1) is 10.2. The second-order valence-corrected chi connectivity index (χ2v) is 6.93. The lowest BCUT2D eigenvalue weighted by molar-refractivity contribution is 0.555. The molecule has 1 aromatic heterocycles. The third kappa shape index (κ3) is 5.26. The lowest BCUT2D eigenvalue weighted by Crippen LogP contribution is -2.40. The maximum Gasteiger partial charge on any atom is 0.191 e. The van der Waals surface area contributed by atoms with Gasteiger partial charge in [0.05, 0.1) is 5.69 Å². The van der Waals surface area contributed by atoms with Crippen LogP contribution in [0.15, 0.2) is 11.1 Å². The van der Waals surface area contributed by atoms with Gasteiger partial charge >= 0.3 is 0 Å². The first-order valence-corrected chi connectivity index (χ1v) is 8.81. The van der Waals surface area contributed by atoms with E-state index in [4.69, 9.17) is 0 Å². The Morgan fingerprint density at radius 3 is 2.95 bits per heavy atom. The molecule has 1 unspecified atom stereocenters. The zero-order valence-corrected chi connectivity index (χ0v) is 14.2. The molecule has 21 heavy (non-hydrogen) atoms. The Kier molecular flexibility index (Phi) is 6.42. The van der Waals surface area contributed by atoms with Crippen LogP contribution in [0.2, 0.25) is 0 Å². The molecule has 0 radical (unpaired) electrons. The zero-order chi connectivity index (χ0) is 15.1. The van der Waals surface area contributed by atoms with E-state index in [1.807, 2.05) is 14.0 Å². The second-order valence-electron chi connectivity index (χ2n) is 5.52. The summed E-state index contributed by atoms with van der Waals surface area (Å²) in [6.07, 6.45) is 3.72. The summed E-state index contributed by atoms with van der Waals surface area (Å²) in [5, 5.41) is 12.0. The first-order valence-electron chi connectivity index (χ1n) is 7.76. The maximum atomic E-state index is 4.48. The molecule has 118 valence electrons. The van der Waals surface area contributed by atoms with Crippen LogP contribution in [0, 0.1) is 13.8 Å². The number of nitrogens with zero attached hydrogens (tertiary/aromatic N) is 3. The van der Waals surface area contributed by atoms with E-state index in [0.717, 1.165) is 43.0 Å². The van der Waals surface area contributed by atoms with Crippen LogP contribution in [0.25, 0.3) is 0 Å². The molecule has 2 N–H and O–H groups in total. The number of nitrogens with one attached hydrogen (secondary N) is 2.